The Morgan fingerprint density at radius 2 is 2.20 bits per heavy atom. The highest BCUT2D eigenvalue weighted by Gasteiger charge is 2.31. The monoisotopic (exact) mass is 366 g/mol. The Morgan fingerprint density at radius 3 is 2.80 bits per heavy atom. The minimum Gasteiger partial charge on any atom is -0.389 e. The smallest absolute Gasteiger partial charge is 0.106 e. The molecule has 1 fully saturated rings. The van der Waals surface area contributed by atoms with E-state index in [1.165, 1.54) is 17.7 Å². The second kappa shape index (κ2) is 5.84. The van der Waals surface area contributed by atoms with E-state index in [1.54, 1.807) is 11.3 Å². The maximum atomic E-state index is 5.89. The first-order valence-corrected chi connectivity index (χ1v) is 8.61. The van der Waals surface area contributed by atoms with Gasteiger partial charge in [0, 0.05) is 26.6 Å². The Bertz CT molecular complexity index is 621. The van der Waals surface area contributed by atoms with Gasteiger partial charge < -0.3 is 10.6 Å². The van der Waals surface area contributed by atoms with E-state index in [4.69, 9.17) is 18.0 Å². The fourth-order valence-electron chi connectivity index (χ4n) is 2.32. The number of anilines is 1. The molecule has 0 radical (unpaired) electrons. The van der Waals surface area contributed by atoms with Crippen LogP contribution in [0, 0.1) is 0 Å². The standard InChI is InChI=1S/C15H15BrN2S2/c16-10-3-6-13(15(17)19)14(8-10)18(11-4-5-11)9-12-2-1-7-20-12/h1-3,6-8,11H,4-5,9H2,(H2,17,19). The zero-order valence-electron chi connectivity index (χ0n) is 10.9. The first-order valence-electron chi connectivity index (χ1n) is 6.53. The minimum atomic E-state index is 0.462. The third kappa shape index (κ3) is 3.05. The zero-order valence-corrected chi connectivity index (χ0v) is 14.1. The highest BCUT2D eigenvalue weighted by atomic mass is 79.9. The average molecular weight is 367 g/mol. The van der Waals surface area contributed by atoms with E-state index in [-0.39, 0.29) is 0 Å². The van der Waals surface area contributed by atoms with Crippen molar-refractivity contribution < 1.29 is 0 Å². The summed E-state index contributed by atoms with van der Waals surface area (Å²) in [7, 11) is 0. The van der Waals surface area contributed by atoms with E-state index in [0.717, 1.165) is 22.3 Å². The van der Waals surface area contributed by atoms with Crippen LogP contribution < -0.4 is 10.6 Å². The number of hydrogen-bond donors (Lipinski definition) is 1. The fraction of sp³-hybridized carbons (Fsp3) is 0.267. The van der Waals surface area contributed by atoms with Crippen molar-refractivity contribution in [2.24, 2.45) is 5.73 Å². The molecule has 2 nitrogen and oxygen atoms in total. The third-order valence-corrected chi connectivity index (χ3v) is 5.00. The van der Waals surface area contributed by atoms with E-state index in [0.29, 0.717) is 11.0 Å². The van der Waals surface area contributed by atoms with Crippen molar-refractivity contribution in [2.45, 2.75) is 25.4 Å². The number of benzene rings is 1. The van der Waals surface area contributed by atoms with Gasteiger partial charge in [-0.3, -0.25) is 0 Å². The van der Waals surface area contributed by atoms with Crippen LogP contribution in [-0.4, -0.2) is 11.0 Å². The second-order valence-electron chi connectivity index (χ2n) is 4.96. The molecule has 104 valence electrons. The quantitative estimate of drug-likeness (QED) is 0.799. The summed E-state index contributed by atoms with van der Waals surface area (Å²) < 4.78 is 1.06. The Morgan fingerprint density at radius 1 is 1.40 bits per heavy atom. The minimum absolute atomic E-state index is 0.462. The summed E-state index contributed by atoms with van der Waals surface area (Å²) >= 11 is 10.6. The average Bonchev–Trinajstić information content (AvgIpc) is 3.12. The van der Waals surface area contributed by atoms with Crippen molar-refractivity contribution in [1.82, 2.24) is 0 Å². The lowest BCUT2D eigenvalue weighted by Gasteiger charge is -2.26. The molecule has 1 heterocycles. The van der Waals surface area contributed by atoms with Crippen LogP contribution in [0.4, 0.5) is 5.69 Å². The maximum Gasteiger partial charge on any atom is 0.106 e. The molecule has 0 bridgehead atoms. The zero-order chi connectivity index (χ0) is 14.1. The van der Waals surface area contributed by atoms with Gasteiger partial charge in [-0.1, -0.05) is 34.2 Å². The molecule has 0 spiro atoms. The predicted molar refractivity (Wildman–Crippen MR) is 93.6 cm³/mol. The van der Waals surface area contributed by atoms with Gasteiger partial charge in [0.05, 0.1) is 6.54 Å². The summed E-state index contributed by atoms with van der Waals surface area (Å²) in [5.74, 6) is 0. The van der Waals surface area contributed by atoms with Crippen LogP contribution in [0.3, 0.4) is 0 Å². The molecule has 2 aromatic rings. The molecule has 0 unspecified atom stereocenters. The van der Waals surface area contributed by atoms with Crippen LogP contribution >= 0.6 is 39.5 Å². The lowest BCUT2D eigenvalue weighted by atomic mass is 10.1. The maximum absolute atomic E-state index is 5.89. The van der Waals surface area contributed by atoms with E-state index < -0.39 is 0 Å². The summed E-state index contributed by atoms with van der Waals surface area (Å²) in [6.07, 6.45) is 2.49. The molecule has 3 rings (SSSR count). The third-order valence-electron chi connectivity index (χ3n) is 3.43. The summed E-state index contributed by atoms with van der Waals surface area (Å²) in [5.41, 5.74) is 7.99. The van der Waals surface area contributed by atoms with Crippen LogP contribution in [-0.2, 0) is 6.54 Å². The molecule has 1 aromatic carbocycles. The SMILES string of the molecule is NC(=S)c1ccc(Br)cc1N(Cc1cccs1)C1CC1. The molecular formula is C15H15BrN2S2. The van der Waals surface area contributed by atoms with Crippen molar-refractivity contribution in [2.75, 3.05) is 4.90 Å². The number of hydrogen-bond acceptors (Lipinski definition) is 3. The van der Waals surface area contributed by atoms with Crippen LogP contribution in [0.2, 0.25) is 0 Å². The largest absolute Gasteiger partial charge is 0.389 e. The normalized spacial score (nSPS) is 14.2. The molecule has 20 heavy (non-hydrogen) atoms. The number of thiophene rings is 1. The Labute approximate surface area is 136 Å². The molecule has 1 saturated carbocycles. The Kier molecular flexibility index (Phi) is 4.10. The first kappa shape index (κ1) is 14.0. The molecule has 0 atom stereocenters. The highest BCUT2D eigenvalue weighted by Crippen LogP contribution is 2.36. The van der Waals surface area contributed by atoms with Crippen molar-refractivity contribution in [1.29, 1.82) is 0 Å². The van der Waals surface area contributed by atoms with Gasteiger partial charge in [-0.15, -0.1) is 11.3 Å². The molecule has 1 aliphatic rings. The van der Waals surface area contributed by atoms with E-state index in [2.05, 4.69) is 44.4 Å². The van der Waals surface area contributed by atoms with Crippen molar-refractivity contribution in [3.05, 3.63) is 50.6 Å². The molecular weight excluding hydrogens is 352 g/mol. The van der Waals surface area contributed by atoms with Gasteiger partial charge in [0.1, 0.15) is 4.99 Å². The van der Waals surface area contributed by atoms with E-state index >= 15 is 0 Å². The summed E-state index contributed by atoms with van der Waals surface area (Å²) in [6.45, 7) is 0.925. The topological polar surface area (TPSA) is 29.3 Å². The van der Waals surface area contributed by atoms with E-state index in [9.17, 15) is 0 Å². The number of thiocarbonyl (C=S) groups is 1. The number of nitrogens with two attached hydrogens (primary N) is 1. The van der Waals surface area contributed by atoms with Crippen LogP contribution in [0.25, 0.3) is 0 Å². The van der Waals surface area contributed by atoms with Crippen molar-refractivity contribution >= 4 is 50.2 Å². The van der Waals surface area contributed by atoms with Gasteiger partial charge in [-0.2, -0.15) is 0 Å². The molecule has 0 amide bonds. The van der Waals surface area contributed by atoms with Gasteiger partial charge in [-0.25, -0.2) is 0 Å². The number of halogens is 1. The van der Waals surface area contributed by atoms with E-state index in [1.807, 2.05) is 12.1 Å². The lowest BCUT2D eigenvalue weighted by molar-refractivity contribution is 0.802. The van der Waals surface area contributed by atoms with Gasteiger partial charge in [0.15, 0.2) is 0 Å². The predicted octanol–water partition coefficient (Wildman–Crippen LogP) is 4.31. The van der Waals surface area contributed by atoms with Crippen molar-refractivity contribution in [3.8, 4) is 0 Å². The van der Waals surface area contributed by atoms with Gasteiger partial charge in [0.2, 0.25) is 0 Å². The van der Waals surface area contributed by atoms with Crippen LogP contribution in [0.5, 0.6) is 0 Å². The molecule has 0 saturated heterocycles. The lowest BCUT2D eigenvalue weighted by Crippen LogP contribution is -2.27. The highest BCUT2D eigenvalue weighted by molar-refractivity contribution is 9.10. The van der Waals surface area contributed by atoms with Crippen LogP contribution in [0.1, 0.15) is 23.3 Å². The molecule has 0 aliphatic heterocycles. The molecule has 1 aliphatic carbocycles. The Hall–Kier alpha value is -0.910. The fourth-order valence-corrected chi connectivity index (χ4v) is 3.54. The summed E-state index contributed by atoms with van der Waals surface area (Å²) in [4.78, 5) is 4.26. The van der Waals surface area contributed by atoms with Gasteiger partial charge in [0.25, 0.3) is 0 Å². The Balaban J connectivity index is 1.98. The summed E-state index contributed by atoms with van der Waals surface area (Å²) in [6, 6.07) is 11.0. The molecule has 2 N–H and O–H groups in total. The number of rotatable bonds is 5. The van der Waals surface area contributed by atoms with Gasteiger partial charge in [-0.05, 0) is 42.5 Å². The molecule has 1 aromatic heterocycles. The first-order chi connectivity index (χ1) is 9.65. The van der Waals surface area contributed by atoms with Crippen molar-refractivity contribution in [3.63, 3.8) is 0 Å². The van der Waals surface area contributed by atoms with Gasteiger partial charge >= 0.3 is 0 Å². The number of nitrogens with zero attached hydrogens (tertiary/aromatic N) is 1. The van der Waals surface area contributed by atoms with Crippen LogP contribution in [0.15, 0.2) is 40.2 Å². The second-order valence-corrected chi connectivity index (χ2v) is 7.35. The summed E-state index contributed by atoms with van der Waals surface area (Å²) in [5, 5.41) is 2.12. The molecule has 5 heteroatoms.